The van der Waals surface area contributed by atoms with Crippen LogP contribution in [0.15, 0.2) is 0 Å². The van der Waals surface area contributed by atoms with Gasteiger partial charge in [-0.3, -0.25) is 0 Å². The predicted molar refractivity (Wildman–Crippen MR) is 86.5 cm³/mol. The van der Waals surface area contributed by atoms with Gasteiger partial charge in [0.05, 0.1) is 0 Å². The lowest BCUT2D eigenvalue weighted by molar-refractivity contribution is 0.946. The molecule has 0 aliphatic carbocycles. The lowest BCUT2D eigenvalue weighted by Gasteiger charge is -2.13. The fourth-order valence-electron chi connectivity index (χ4n) is 3.16. The van der Waals surface area contributed by atoms with Crippen molar-refractivity contribution in [2.24, 2.45) is 0 Å². The summed E-state index contributed by atoms with van der Waals surface area (Å²) in [6.45, 7) is 11.3. The minimum atomic E-state index is 1.05. The van der Waals surface area contributed by atoms with Crippen molar-refractivity contribution in [2.45, 2.75) is 66.7 Å². The zero-order valence-corrected chi connectivity index (χ0v) is 13.7. The highest BCUT2D eigenvalue weighted by Crippen LogP contribution is 2.36. The molecule has 0 aliphatic rings. The summed E-state index contributed by atoms with van der Waals surface area (Å²) >= 11 is 1.92. The Balaban J connectivity index is 2.87. The number of rotatable bonds is 5. The maximum atomic E-state index is 4.97. The molecule has 2 heteroatoms. The average Bonchev–Trinajstić information content (AvgIpc) is 2.81. The van der Waals surface area contributed by atoms with E-state index in [1.165, 1.54) is 26.4 Å². The van der Waals surface area contributed by atoms with E-state index in [0.717, 1.165) is 32.1 Å². The Labute approximate surface area is 121 Å². The van der Waals surface area contributed by atoms with Crippen LogP contribution in [0.3, 0.4) is 0 Å². The molecule has 0 fully saturated rings. The molecule has 0 saturated heterocycles. The fraction of sp³-hybridized carbons (Fsp3) is 0.588. The molecular formula is C17H25NS. The maximum Gasteiger partial charge on any atom is 0.124 e. The second-order valence-electron chi connectivity index (χ2n) is 4.97. The molecule has 0 saturated carbocycles. The lowest BCUT2D eigenvalue weighted by Crippen LogP contribution is -2.02. The third-order valence-corrected chi connectivity index (χ3v) is 5.31. The SMILES string of the molecule is CCc1nc2sc(CC)c(CC)c2c(CC)c1CC. The summed E-state index contributed by atoms with van der Waals surface area (Å²) in [7, 11) is 0. The highest BCUT2D eigenvalue weighted by Gasteiger charge is 2.18. The van der Waals surface area contributed by atoms with Gasteiger partial charge < -0.3 is 0 Å². The molecule has 0 unspecified atom stereocenters. The molecule has 0 atom stereocenters. The van der Waals surface area contributed by atoms with E-state index in [1.807, 2.05) is 11.3 Å². The Bertz CT molecular complexity index is 581. The molecule has 0 aromatic carbocycles. The Morgan fingerprint density at radius 3 is 1.84 bits per heavy atom. The molecule has 0 amide bonds. The van der Waals surface area contributed by atoms with Crippen LogP contribution in [0.4, 0.5) is 0 Å². The maximum absolute atomic E-state index is 4.97. The second-order valence-corrected chi connectivity index (χ2v) is 6.05. The van der Waals surface area contributed by atoms with E-state index in [4.69, 9.17) is 4.98 Å². The Morgan fingerprint density at radius 1 is 0.737 bits per heavy atom. The predicted octanol–water partition coefficient (Wildman–Crippen LogP) is 5.11. The van der Waals surface area contributed by atoms with Crippen LogP contribution in [0.25, 0.3) is 10.2 Å². The van der Waals surface area contributed by atoms with Gasteiger partial charge in [-0.05, 0) is 48.8 Å². The quantitative estimate of drug-likeness (QED) is 0.739. The van der Waals surface area contributed by atoms with Crippen LogP contribution in [-0.4, -0.2) is 4.98 Å². The Morgan fingerprint density at radius 2 is 1.37 bits per heavy atom. The van der Waals surface area contributed by atoms with Gasteiger partial charge in [-0.1, -0.05) is 34.6 Å². The average molecular weight is 275 g/mol. The van der Waals surface area contributed by atoms with Crippen molar-refractivity contribution in [1.29, 1.82) is 0 Å². The van der Waals surface area contributed by atoms with Crippen molar-refractivity contribution in [3.05, 3.63) is 27.3 Å². The zero-order valence-electron chi connectivity index (χ0n) is 12.9. The van der Waals surface area contributed by atoms with Gasteiger partial charge >= 0.3 is 0 Å². The first kappa shape index (κ1) is 14.5. The van der Waals surface area contributed by atoms with Crippen LogP contribution in [-0.2, 0) is 32.1 Å². The van der Waals surface area contributed by atoms with Crippen molar-refractivity contribution >= 4 is 21.6 Å². The van der Waals surface area contributed by atoms with Crippen molar-refractivity contribution in [2.75, 3.05) is 0 Å². The van der Waals surface area contributed by atoms with Crippen molar-refractivity contribution in [1.82, 2.24) is 4.98 Å². The monoisotopic (exact) mass is 275 g/mol. The summed E-state index contributed by atoms with van der Waals surface area (Å²) in [6.07, 6.45) is 5.55. The first-order chi connectivity index (χ1) is 9.21. The van der Waals surface area contributed by atoms with Crippen LogP contribution in [0.5, 0.6) is 0 Å². The van der Waals surface area contributed by atoms with Crippen LogP contribution in [0.2, 0.25) is 0 Å². The third-order valence-electron chi connectivity index (χ3n) is 4.04. The smallest absolute Gasteiger partial charge is 0.124 e. The van der Waals surface area contributed by atoms with Crippen LogP contribution in [0, 0.1) is 0 Å². The van der Waals surface area contributed by atoms with E-state index in [9.17, 15) is 0 Å². The molecule has 2 aromatic heterocycles. The summed E-state index contributed by atoms with van der Waals surface area (Å²) in [4.78, 5) is 7.78. The van der Waals surface area contributed by atoms with Crippen molar-refractivity contribution in [3.63, 3.8) is 0 Å². The summed E-state index contributed by atoms with van der Waals surface area (Å²) in [5.74, 6) is 0. The zero-order chi connectivity index (χ0) is 14.0. The van der Waals surface area contributed by atoms with E-state index in [-0.39, 0.29) is 0 Å². The molecule has 0 N–H and O–H groups in total. The lowest BCUT2D eigenvalue weighted by atomic mass is 9.94. The van der Waals surface area contributed by atoms with E-state index in [1.54, 1.807) is 11.1 Å². The van der Waals surface area contributed by atoms with Gasteiger partial charge in [0.25, 0.3) is 0 Å². The molecule has 1 nitrogen and oxygen atoms in total. The molecule has 0 bridgehead atoms. The first-order valence-corrected chi connectivity index (χ1v) is 8.48. The molecule has 2 heterocycles. The standard InChI is InChI=1S/C17H25NS/c1-6-11-12(7-2)16-13(8-3)15(10-5)19-17(16)18-14(11)9-4/h6-10H2,1-5H3. The normalized spacial score (nSPS) is 11.4. The summed E-state index contributed by atoms with van der Waals surface area (Å²) in [6, 6.07) is 0. The van der Waals surface area contributed by atoms with E-state index in [2.05, 4.69) is 34.6 Å². The molecule has 19 heavy (non-hydrogen) atoms. The van der Waals surface area contributed by atoms with Gasteiger partial charge in [0.2, 0.25) is 0 Å². The number of aryl methyl sites for hydroxylation is 4. The number of pyridine rings is 1. The second kappa shape index (κ2) is 6.04. The van der Waals surface area contributed by atoms with E-state index in [0.29, 0.717) is 0 Å². The van der Waals surface area contributed by atoms with Gasteiger partial charge in [-0.25, -0.2) is 4.98 Å². The molecule has 0 aliphatic heterocycles. The molecule has 0 radical (unpaired) electrons. The number of fused-ring (bicyclic) bond motifs is 1. The molecule has 2 rings (SSSR count). The summed E-state index contributed by atoms with van der Waals surface area (Å²) in [5.41, 5.74) is 5.95. The Kier molecular flexibility index (Phi) is 4.62. The first-order valence-electron chi connectivity index (χ1n) is 7.66. The number of thiophene rings is 1. The largest absolute Gasteiger partial charge is 0.242 e. The number of hydrogen-bond donors (Lipinski definition) is 0. The minimum Gasteiger partial charge on any atom is -0.242 e. The van der Waals surface area contributed by atoms with Crippen molar-refractivity contribution in [3.8, 4) is 0 Å². The molecule has 2 aromatic rings. The van der Waals surface area contributed by atoms with Gasteiger partial charge in [0.1, 0.15) is 4.83 Å². The fourth-order valence-corrected chi connectivity index (χ4v) is 4.41. The number of nitrogens with zero attached hydrogens (tertiary/aromatic N) is 1. The van der Waals surface area contributed by atoms with Gasteiger partial charge in [0.15, 0.2) is 0 Å². The summed E-state index contributed by atoms with van der Waals surface area (Å²) in [5, 5.41) is 1.49. The van der Waals surface area contributed by atoms with Crippen molar-refractivity contribution < 1.29 is 0 Å². The third kappa shape index (κ3) is 2.31. The highest BCUT2D eigenvalue weighted by molar-refractivity contribution is 7.18. The van der Waals surface area contributed by atoms with Gasteiger partial charge in [0, 0.05) is 16.0 Å². The summed E-state index contributed by atoms with van der Waals surface area (Å²) < 4.78 is 0. The van der Waals surface area contributed by atoms with Crippen LogP contribution >= 0.6 is 11.3 Å². The topological polar surface area (TPSA) is 12.9 Å². The number of aromatic nitrogens is 1. The van der Waals surface area contributed by atoms with Crippen LogP contribution in [0.1, 0.15) is 61.9 Å². The van der Waals surface area contributed by atoms with Gasteiger partial charge in [-0.15, -0.1) is 11.3 Å². The molecule has 104 valence electrons. The van der Waals surface area contributed by atoms with Crippen LogP contribution < -0.4 is 0 Å². The number of hydrogen-bond acceptors (Lipinski definition) is 2. The Hall–Kier alpha value is -0.890. The van der Waals surface area contributed by atoms with E-state index >= 15 is 0 Å². The van der Waals surface area contributed by atoms with Gasteiger partial charge in [-0.2, -0.15) is 0 Å². The molecule has 0 spiro atoms. The minimum absolute atomic E-state index is 1.05. The highest BCUT2D eigenvalue weighted by atomic mass is 32.1. The van der Waals surface area contributed by atoms with E-state index < -0.39 is 0 Å². The molecular weight excluding hydrogens is 250 g/mol.